The summed E-state index contributed by atoms with van der Waals surface area (Å²) in [6.45, 7) is 5.03. The predicted octanol–water partition coefficient (Wildman–Crippen LogP) is 3.50. The number of ether oxygens (including phenoxy) is 1. The molecule has 2 aliphatic rings. The highest BCUT2D eigenvalue weighted by atomic mass is 19.4. The highest BCUT2D eigenvalue weighted by Gasteiger charge is 2.44. The predicted molar refractivity (Wildman–Crippen MR) is 103 cm³/mol. The van der Waals surface area contributed by atoms with Gasteiger partial charge in [-0.3, -0.25) is 14.7 Å². The Hall–Kier alpha value is -1.67. The Morgan fingerprint density at radius 2 is 1.93 bits per heavy atom. The maximum absolute atomic E-state index is 13.2. The summed E-state index contributed by atoms with van der Waals surface area (Å²) in [6.07, 6.45) is 0.974. The van der Waals surface area contributed by atoms with Gasteiger partial charge in [0, 0.05) is 51.0 Å². The fourth-order valence-electron chi connectivity index (χ4n) is 4.26. The summed E-state index contributed by atoms with van der Waals surface area (Å²) in [5.74, 6) is -2.04. The number of aromatic nitrogens is 1. The summed E-state index contributed by atoms with van der Waals surface area (Å²) < 4.78 is 44.9. The molecule has 3 rings (SSSR count). The van der Waals surface area contributed by atoms with Gasteiger partial charge >= 0.3 is 6.18 Å². The molecule has 162 valence electrons. The molecule has 2 unspecified atom stereocenters. The van der Waals surface area contributed by atoms with Crippen LogP contribution in [0.4, 0.5) is 13.2 Å². The molecule has 2 fully saturated rings. The molecule has 2 atom stereocenters. The molecular formula is C21H30F3N3O2. The monoisotopic (exact) mass is 413 g/mol. The largest absolute Gasteiger partial charge is 0.391 e. The normalized spacial score (nSPS) is 23.7. The van der Waals surface area contributed by atoms with E-state index in [1.165, 1.54) is 0 Å². The van der Waals surface area contributed by atoms with Crippen molar-refractivity contribution in [3.8, 4) is 0 Å². The molecule has 1 aromatic rings. The molecule has 29 heavy (non-hydrogen) atoms. The lowest BCUT2D eigenvalue weighted by Crippen LogP contribution is -2.42. The fraction of sp³-hybridized carbons (Fsp3) is 0.714. The zero-order valence-electron chi connectivity index (χ0n) is 16.7. The number of carbonyl (C=O) groups excluding carboxylic acids is 1. The number of hydrogen-bond acceptors (Lipinski definition) is 4. The number of pyridine rings is 1. The minimum atomic E-state index is -4.22. The van der Waals surface area contributed by atoms with E-state index in [1.807, 2.05) is 12.1 Å². The van der Waals surface area contributed by atoms with Crippen molar-refractivity contribution in [2.45, 2.75) is 44.8 Å². The van der Waals surface area contributed by atoms with Crippen LogP contribution in [0.1, 0.15) is 37.7 Å². The second-order valence-corrected chi connectivity index (χ2v) is 8.02. The highest BCUT2D eigenvalue weighted by molar-refractivity contribution is 5.79. The van der Waals surface area contributed by atoms with Crippen molar-refractivity contribution in [2.75, 3.05) is 39.4 Å². The minimum absolute atomic E-state index is 0.0847. The highest BCUT2D eigenvalue weighted by Crippen LogP contribution is 2.40. The number of morpholine rings is 1. The van der Waals surface area contributed by atoms with Gasteiger partial charge in [0.15, 0.2) is 0 Å². The maximum Gasteiger partial charge on any atom is 0.391 e. The zero-order valence-corrected chi connectivity index (χ0v) is 16.7. The summed E-state index contributed by atoms with van der Waals surface area (Å²) in [5, 5.41) is 0. The first-order chi connectivity index (χ1) is 13.9. The van der Waals surface area contributed by atoms with Crippen LogP contribution in [0.5, 0.6) is 0 Å². The Morgan fingerprint density at radius 1 is 1.21 bits per heavy atom. The number of rotatable bonds is 7. The number of hydrogen-bond donors (Lipinski definition) is 0. The van der Waals surface area contributed by atoms with Crippen LogP contribution < -0.4 is 0 Å². The smallest absolute Gasteiger partial charge is 0.379 e. The van der Waals surface area contributed by atoms with Gasteiger partial charge in [-0.25, -0.2) is 0 Å². The second-order valence-electron chi connectivity index (χ2n) is 8.02. The first-order valence-corrected chi connectivity index (χ1v) is 10.5. The van der Waals surface area contributed by atoms with Crippen LogP contribution in [-0.2, 0) is 16.1 Å². The van der Waals surface area contributed by atoms with Crippen molar-refractivity contribution in [1.29, 1.82) is 0 Å². The van der Waals surface area contributed by atoms with Gasteiger partial charge in [0.1, 0.15) is 0 Å². The molecule has 0 N–H and O–H groups in total. The Kier molecular flexibility index (Phi) is 7.89. The molecule has 1 aliphatic heterocycles. The molecule has 1 aliphatic carbocycles. The van der Waals surface area contributed by atoms with Crippen molar-refractivity contribution < 1.29 is 22.7 Å². The summed E-state index contributed by atoms with van der Waals surface area (Å²) in [5.41, 5.74) is 0.947. The fourth-order valence-corrected chi connectivity index (χ4v) is 4.26. The van der Waals surface area contributed by atoms with Crippen molar-refractivity contribution in [3.05, 3.63) is 30.1 Å². The van der Waals surface area contributed by atoms with Gasteiger partial charge in [0.05, 0.1) is 19.1 Å². The third-order valence-corrected chi connectivity index (χ3v) is 5.93. The SMILES string of the molecule is O=C(C1CCCC(C(F)(F)F)C1)N(CCCN1CCOCC1)Cc1ccncc1. The lowest BCUT2D eigenvalue weighted by atomic mass is 9.80. The van der Waals surface area contributed by atoms with Gasteiger partial charge in [-0.1, -0.05) is 6.42 Å². The third-order valence-electron chi connectivity index (χ3n) is 5.93. The van der Waals surface area contributed by atoms with E-state index in [9.17, 15) is 18.0 Å². The zero-order chi connectivity index (χ0) is 20.7. The van der Waals surface area contributed by atoms with Crippen molar-refractivity contribution in [1.82, 2.24) is 14.8 Å². The Bertz CT molecular complexity index is 636. The lowest BCUT2D eigenvalue weighted by molar-refractivity contribution is -0.187. The molecule has 0 bridgehead atoms. The van der Waals surface area contributed by atoms with E-state index in [-0.39, 0.29) is 18.7 Å². The van der Waals surface area contributed by atoms with E-state index in [0.29, 0.717) is 25.9 Å². The van der Waals surface area contributed by atoms with E-state index in [2.05, 4.69) is 9.88 Å². The van der Waals surface area contributed by atoms with E-state index in [4.69, 9.17) is 4.74 Å². The van der Waals surface area contributed by atoms with Gasteiger partial charge in [-0.2, -0.15) is 13.2 Å². The van der Waals surface area contributed by atoms with Crippen molar-refractivity contribution in [2.24, 2.45) is 11.8 Å². The third kappa shape index (κ3) is 6.67. The average molecular weight is 413 g/mol. The first kappa shape index (κ1) is 22.0. The van der Waals surface area contributed by atoms with Gasteiger partial charge in [0.25, 0.3) is 0 Å². The molecule has 5 nitrogen and oxygen atoms in total. The number of halogens is 3. The summed E-state index contributed by atoms with van der Waals surface area (Å²) >= 11 is 0. The van der Waals surface area contributed by atoms with Gasteiger partial charge in [-0.15, -0.1) is 0 Å². The van der Waals surface area contributed by atoms with Crippen LogP contribution in [0.15, 0.2) is 24.5 Å². The van der Waals surface area contributed by atoms with Crippen LogP contribution in [0.25, 0.3) is 0 Å². The molecular weight excluding hydrogens is 383 g/mol. The first-order valence-electron chi connectivity index (χ1n) is 10.5. The van der Waals surface area contributed by atoms with Crippen LogP contribution in [0.2, 0.25) is 0 Å². The van der Waals surface area contributed by atoms with Crippen LogP contribution in [-0.4, -0.2) is 66.3 Å². The van der Waals surface area contributed by atoms with E-state index in [0.717, 1.165) is 44.8 Å². The molecule has 2 heterocycles. The molecule has 1 aromatic heterocycles. The lowest BCUT2D eigenvalue weighted by Gasteiger charge is -2.34. The van der Waals surface area contributed by atoms with Crippen LogP contribution in [0.3, 0.4) is 0 Å². The number of carbonyl (C=O) groups is 1. The quantitative estimate of drug-likeness (QED) is 0.687. The van der Waals surface area contributed by atoms with Gasteiger partial charge in [0.2, 0.25) is 5.91 Å². The van der Waals surface area contributed by atoms with Crippen LogP contribution in [0, 0.1) is 11.8 Å². The summed E-state index contributed by atoms with van der Waals surface area (Å²) in [7, 11) is 0. The standard InChI is InChI=1S/C21H30F3N3O2/c22-21(23,24)19-4-1-3-18(15-19)20(28)27(16-17-5-7-25-8-6-17)10-2-9-26-11-13-29-14-12-26/h5-8,18-19H,1-4,9-16H2. The maximum atomic E-state index is 13.2. The minimum Gasteiger partial charge on any atom is -0.379 e. The molecule has 0 aromatic carbocycles. The molecule has 1 amide bonds. The topological polar surface area (TPSA) is 45.7 Å². The molecule has 1 saturated carbocycles. The Balaban J connectivity index is 1.62. The average Bonchev–Trinajstić information content (AvgIpc) is 2.73. The number of amides is 1. The molecule has 0 radical (unpaired) electrons. The molecule has 0 spiro atoms. The van der Waals surface area contributed by atoms with E-state index < -0.39 is 18.0 Å². The van der Waals surface area contributed by atoms with Gasteiger partial charge < -0.3 is 9.64 Å². The number of alkyl halides is 3. The Labute approximate surface area is 170 Å². The molecule has 1 saturated heterocycles. The van der Waals surface area contributed by atoms with Crippen molar-refractivity contribution in [3.63, 3.8) is 0 Å². The molecule has 8 heteroatoms. The number of nitrogens with zero attached hydrogens (tertiary/aromatic N) is 3. The van der Waals surface area contributed by atoms with Crippen LogP contribution >= 0.6 is 0 Å². The second kappa shape index (κ2) is 10.4. The van der Waals surface area contributed by atoms with E-state index in [1.54, 1.807) is 17.3 Å². The van der Waals surface area contributed by atoms with Crippen molar-refractivity contribution >= 4 is 5.91 Å². The van der Waals surface area contributed by atoms with E-state index >= 15 is 0 Å². The van der Waals surface area contributed by atoms with Gasteiger partial charge in [-0.05, 0) is 43.4 Å². The summed E-state index contributed by atoms with van der Waals surface area (Å²) in [6, 6.07) is 3.70. The summed E-state index contributed by atoms with van der Waals surface area (Å²) in [4.78, 5) is 21.2. The Morgan fingerprint density at radius 3 is 2.62 bits per heavy atom.